The molecule has 0 aliphatic carbocycles. The average Bonchev–Trinajstić information content (AvgIpc) is 2.87. The number of anilines is 1. The lowest BCUT2D eigenvalue weighted by atomic mass is 10.2. The zero-order chi connectivity index (χ0) is 17.0. The largest absolute Gasteiger partial charge is 0.496 e. The average molecular weight is 338 g/mol. The lowest BCUT2D eigenvalue weighted by Gasteiger charge is -2.09. The molecule has 0 saturated carbocycles. The molecule has 122 valence electrons. The lowest BCUT2D eigenvalue weighted by Crippen LogP contribution is -2.28. The van der Waals surface area contributed by atoms with E-state index in [0.717, 1.165) is 11.8 Å². The van der Waals surface area contributed by atoms with Gasteiger partial charge in [0.15, 0.2) is 5.17 Å². The molecule has 1 atom stereocenters. The number of ether oxygens (including phenoxy) is 1. The van der Waals surface area contributed by atoms with Crippen LogP contribution in [0.25, 0.3) is 0 Å². The minimum absolute atomic E-state index is 0.0496. The van der Waals surface area contributed by atoms with Gasteiger partial charge < -0.3 is 15.4 Å². The Bertz CT molecular complexity index is 691. The van der Waals surface area contributed by atoms with Crippen LogP contribution in [0.5, 0.6) is 5.75 Å². The molecule has 1 aromatic rings. The van der Waals surface area contributed by atoms with Crippen LogP contribution in [-0.2, 0) is 9.59 Å². The highest BCUT2D eigenvalue weighted by Gasteiger charge is 2.32. The van der Waals surface area contributed by atoms with Crippen molar-refractivity contribution in [2.45, 2.75) is 11.7 Å². The second-order valence-electron chi connectivity index (χ2n) is 4.52. The van der Waals surface area contributed by atoms with Crippen LogP contribution in [0, 0.1) is 10.1 Å². The number of methoxy groups -OCH3 is 1. The van der Waals surface area contributed by atoms with Gasteiger partial charge in [0.05, 0.1) is 18.1 Å². The molecule has 0 bridgehead atoms. The number of nitrogens with zero attached hydrogens (tertiary/aromatic N) is 2. The number of benzene rings is 1. The summed E-state index contributed by atoms with van der Waals surface area (Å²) in [7, 11) is 2.92. The van der Waals surface area contributed by atoms with Crippen molar-refractivity contribution in [1.29, 1.82) is 0 Å². The number of nitro groups is 1. The number of aliphatic imine (C=N–C) groups is 1. The number of rotatable bonds is 5. The normalized spacial score (nSPS) is 18.6. The Balaban J connectivity index is 2.09. The molecule has 9 nitrogen and oxygen atoms in total. The lowest BCUT2D eigenvalue weighted by molar-refractivity contribution is -0.384. The van der Waals surface area contributed by atoms with Gasteiger partial charge in [-0.2, -0.15) is 0 Å². The second-order valence-corrected chi connectivity index (χ2v) is 5.71. The van der Waals surface area contributed by atoms with Gasteiger partial charge in [-0.25, -0.2) is 0 Å². The quantitative estimate of drug-likeness (QED) is 0.613. The van der Waals surface area contributed by atoms with E-state index in [1.54, 1.807) is 0 Å². The maximum absolute atomic E-state index is 12.0. The van der Waals surface area contributed by atoms with Crippen molar-refractivity contribution < 1.29 is 19.2 Å². The fourth-order valence-electron chi connectivity index (χ4n) is 1.91. The predicted octanol–water partition coefficient (Wildman–Crippen LogP) is 1.15. The summed E-state index contributed by atoms with van der Waals surface area (Å²) < 4.78 is 4.92. The molecule has 10 heteroatoms. The fraction of sp³-hybridized carbons (Fsp3) is 0.308. The van der Waals surface area contributed by atoms with Gasteiger partial charge in [-0.15, -0.1) is 0 Å². The van der Waals surface area contributed by atoms with E-state index in [0.29, 0.717) is 10.9 Å². The van der Waals surface area contributed by atoms with Crippen molar-refractivity contribution in [2.75, 3.05) is 19.5 Å². The van der Waals surface area contributed by atoms with Gasteiger partial charge in [0.1, 0.15) is 16.7 Å². The molecule has 1 aliphatic heterocycles. The molecular weight excluding hydrogens is 324 g/mol. The maximum Gasteiger partial charge on any atom is 0.296 e. The Morgan fingerprint density at radius 2 is 2.30 bits per heavy atom. The van der Waals surface area contributed by atoms with Crippen LogP contribution in [0.1, 0.15) is 6.42 Å². The number of carbonyl (C=O) groups is 2. The molecule has 2 amide bonds. The number of carbonyl (C=O) groups excluding carboxylic acids is 2. The molecule has 1 aromatic carbocycles. The molecule has 0 unspecified atom stereocenters. The van der Waals surface area contributed by atoms with Crippen LogP contribution < -0.4 is 15.4 Å². The smallest absolute Gasteiger partial charge is 0.296 e. The van der Waals surface area contributed by atoms with E-state index in [4.69, 9.17) is 4.74 Å². The molecule has 1 saturated heterocycles. The molecule has 2 N–H and O–H groups in total. The van der Waals surface area contributed by atoms with Crippen LogP contribution in [0.2, 0.25) is 0 Å². The van der Waals surface area contributed by atoms with Gasteiger partial charge in [0.2, 0.25) is 11.8 Å². The van der Waals surface area contributed by atoms with Gasteiger partial charge >= 0.3 is 0 Å². The van der Waals surface area contributed by atoms with E-state index in [1.807, 2.05) is 0 Å². The van der Waals surface area contributed by atoms with E-state index < -0.39 is 16.1 Å². The summed E-state index contributed by atoms with van der Waals surface area (Å²) in [6, 6.07) is 4.10. The molecule has 0 radical (unpaired) electrons. The topological polar surface area (TPSA) is 123 Å². The number of nitro benzene ring substituents is 1. The van der Waals surface area contributed by atoms with Crippen molar-refractivity contribution in [3.8, 4) is 5.75 Å². The number of hydrogen-bond donors (Lipinski definition) is 2. The first kappa shape index (κ1) is 16.7. The molecular formula is C13H14N4O5S. The first-order valence-corrected chi connectivity index (χ1v) is 7.39. The minimum Gasteiger partial charge on any atom is -0.496 e. The van der Waals surface area contributed by atoms with Gasteiger partial charge in [0, 0.05) is 13.5 Å². The number of nitrogens with one attached hydrogen (secondary N) is 2. The first-order valence-electron chi connectivity index (χ1n) is 6.51. The molecule has 0 spiro atoms. The minimum atomic E-state index is -0.614. The number of amides is 2. The highest BCUT2D eigenvalue weighted by atomic mass is 32.2. The van der Waals surface area contributed by atoms with Gasteiger partial charge in [-0.3, -0.25) is 24.7 Å². The van der Waals surface area contributed by atoms with Crippen molar-refractivity contribution in [2.24, 2.45) is 4.99 Å². The predicted molar refractivity (Wildman–Crippen MR) is 85.8 cm³/mol. The summed E-state index contributed by atoms with van der Waals surface area (Å²) in [6.45, 7) is 0. The third kappa shape index (κ3) is 3.97. The van der Waals surface area contributed by atoms with Crippen molar-refractivity contribution in [3.63, 3.8) is 0 Å². The molecule has 1 fully saturated rings. The third-order valence-electron chi connectivity index (χ3n) is 3.03. The summed E-state index contributed by atoms with van der Waals surface area (Å²) >= 11 is 1.15. The highest BCUT2D eigenvalue weighted by Crippen LogP contribution is 2.30. The molecule has 1 heterocycles. The van der Waals surface area contributed by atoms with Crippen molar-refractivity contribution in [3.05, 3.63) is 28.3 Å². The summed E-state index contributed by atoms with van der Waals surface area (Å²) in [5.74, 6) is -0.498. The first-order chi connectivity index (χ1) is 10.9. The highest BCUT2D eigenvalue weighted by molar-refractivity contribution is 8.15. The summed E-state index contributed by atoms with van der Waals surface area (Å²) in [4.78, 5) is 38.0. The van der Waals surface area contributed by atoms with E-state index in [9.17, 15) is 19.7 Å². The van der Waals surface area contributed by atoms with Crippen molar-refractivity contribution >= 4 is 40.1 Å². The van der Waals surface area contributed by atoms with Crippen LogP contribution >= 0.6 is 11.8 Å². The van der Waals surface area contributed by atoms with Crippen LogP contribution in [0.3, 0.4) is 0 Å². The van der Waals surface area contributed by atoms with Crippen LogP contribution in [0.15, 0.2) is 23.2 Å². The molecule has 23 heavy (non-hydrogen) atoms. The summed E-state index contributed by atoms with van der Waals surface area (Å²) in [5, 5.41) is 15.9. The Kier molecular flexibility index (Phi) is 5.16. The van der Waals surface area contributed by atoms with Gasteiger partial charge in [-0.05, 0) is 12.1 Å². The standard InChI is InChI=1S/C13H14N4O5S/c1-14-13-16-12(19)10(23-13)6-11(18)15-8-4-3-7(22-2)5-9(8)17(20)21/h3-5,10H,6H2,1-2H3,(H,15,18)(H,14,16,19)/t10-/m0/s1. The zero-order valence-electron chi connectivity index (χ0n) is 12.4. The molecule has 2 rings (SSSR count). The third-order valence-corrected chi connectivity index (χ3v) is 4.20. The van der Waals surface area contributed by atoms with Gasteiger partial charge in [-0.1, -0.05) is 11.8 Å². The number of thioether (sulfide) groups is 1. The van der Waals surface area contributed by atoms with E-state index in [2.05, 4.69) is 15.6 Å². The summed E-state index contributed by atoms with van der Waals surface area (Å²) in [5.41, 5.74) is -0.231. The second kappa shape index (κ2) is 7.09. The van der Waals surface area contributed by atoms with Crippen molar-refractivity contribution in [1.82, 2.24) is 5.32 Å². The fourth-order valence-corrected chi connectivity index (χ4v) is 2.85. The number of hydrogen-bond acceptors (Lipinski definition) is 7. The monoisotopic (exact) mass is 338 g/mol. The Labute approximate surface area is 135 Å². The van der Waals surface area contributed by atoms with E-state index >= 15 is 0 Å². The van der Waals surface area contributed by atoms with Crippen LogP contribution in [0.4, 0.5) is 11.4 Å². The van der Waals surface area contributed by atoms with Crippen LogP contribution in [-0.4, -0.2) is 41.3 Å². The van der Waals surface area contributed by atoms with E-state index in [-0.39, 0.29) is 23.7 Å². The van der Waals surface area contributed by atoms with E-state index in [1.165, 1.54) is 32.4 Å². The Morgan fingerprint density at radius 1 is 1.57 bits per heavy atom. The number of amidine groups is 1. The molecule has 1 aliphatic rings. The Hall–Kier alpha value is -2.62. The summed E-state index contributed by atoms with van der Waals surface area (Å²) in [6.07, 6.45) is -0.112. The SMILES string of the molecule is CN=C1NC(=O)[C@H](CC(=O)Nc2ccc(OC)cc2[N+](=O)[O-])S1. The van der Waals surface area contributed by atoms with Gasteiger partial charge in [0.25, 0.3) is 5.69 Å². The zero-order valence-corrected chi connectivity index (χ0v) is 13.2. The maximum atomic E-state index is 12.0. The molecule has 0 aromatic heterocycles. The Morgan fingerprint density at radius 3 is 2.87 bits per heavy atom.